The van der Waals surface area contributed by atoms with Crippen LogP contribution in [0.5, 0.6) is 5.75 Å². The van der Waals surface area contributed by atoms with Gasteiger partial charge in [0.2, 0.25) is 10.0 Å². The molecule has 1 N–H and O–H groups in total. The molecule has 34 heavy (non-hydrogen) atoms. The molecule has 0 bridgehead atoms. The second-order valence-corrected chi connectivity index (χ2v) is 11.2. The number of hydrogen-bond donors (Lipinski definition) is 1. The molecule has 2 fully saturated rings. The Bertz CT molecular complexity index is 1310. The minimum Gasteiger partial charge on any atom is -0.490 e. The average Bonchev–Trinajstić information content (AvgIpc) is 3.37. The zero-order valence-corrected chi connectivity index (χ0v) is 20.4. The number of benzene rings is 2. The fraction of sp³-hybridized carbons (Fsp3) is 0.423. The van der Waals surface area contributed by atoms with E-state index in [1.807, 2.05) is 31.2 Å². The molecular weight excluding hydrogens is 453 g/mol. The van der Waals surface area contributed by atoms with E-state index in [1.54, 1.807) is 16.8 Å². The largest absolute Gasteiger partial charge is 0.490 e. The second-order valence-electron chi connectivity index (χ2n) is 9.49. The fourth-order valence-corrected chi connectivity index (χ4v) is 5.52. The van der Waals surface area contributed by atoms with Gasteiger partial charge in [-0.05, 0) is 86.8 Å². The van der Waals surface area contributed by atoms with Crippen molar-refractivity contribution in [2.24, 2.45) is 0 Å². The lowest BCUT2D eigenvalue weighted by Crippen LogP contribution is -2.15. The highest BCUT2D eigenvalue weighted by molar-refractivity contribution is 7.92. The Hall–Kier alpha value is -2.87. The van der Waals surface area contributed by atoms with Gasteiger partial charge >= 0.3 is 0 Å². The van der Waals surface area contributed by atoms with E-state index in [1.165, 1.54) is 6.07 Å². The number of hydrogen-bond acceptors (Lipinski definition) is 4. The van der Waals surface area contributed by atoms with Gasteiger partial charge in [-0.1, -0.05) is 18.6 Å². The molecule has 2 aliphatic rings. The van der Waals surface area contributed by atoms with Crippen molar-refractivity contribution in [2.75, 3.05) is 11.0 Å². The Morgan fingerprint density at radius 2 is 1.79 bits per heavy atom. The van der Waals surface area contributed by atoms with Crippen LogP contribution in [0.4, 0.5) is 10.2 Å². The van der Waals surface area contributed by atoms with Gasteiger partial charge in [0, 0.05) is 11.6 Å². The lowest BCUT2D eigenvalue weighted by Gasteiger charge is -2.29. The van der Waals surface area contributed by atoms with Crippen molar-refractivity contribution >= 4 is 15.8 Å². The van der Waals surface area contributed by atoms with Crippen LogP contribution in [0.15, 0.2) is 42.5 Å². The highest BCUT2D eigenvalue weighted by Gasteiger charge is 2.28. The number of ether oxygens (including phenoxy) is 1. The first-order valence-corrected chi connectivity index (χ1v) is 13.8. The maximum absolute atomic E-state index is 15.1. The van der Waals surface area contributed by atoms with Gasteiger partial charge in [0.1, 0.15) is 17.4 Å². The molecule has 0 unspecified atom stereocenters. The van der Waals surface area contributed by atoms with E-state index in [9.17, 15) is 8.42 Å². The molecule has 2 aromatic carbocycles. The van der Waals surface area contributed by atoms with Crippen LogP contribution in [0, 0.1) is 12.7 Å². The minimum atomic E-state index is -3.49. The minimum absolute atomic E-state index is 0.153. The maximum atomic E-state index is 15.1. The Morgan fingerprint density at radius 3 is 2.47 bits per heavy atom. The lowest BCUT2D eigenvalue weighted by molar-refractivity contribution is 0.211. The molecule has 5 rings (SSSR count). The number of halogens is 1. The molecule has 3 aromatic rings. The summed E-state index contributed by atoms with van der Waals surface area (Å²) in [6.45, 7) is 1.81. The van der Waals surface area contributed by atoms with E-state index >= 15 is 4.39 Å². The van der Waals surface area contributed by atoms with Crippen LogP contribution in [0.3, 0.4) is 0 Å². The predicted octanol–water partition coefficient (Wildman–Crippen LogP) is 5.95. The van der Waals surface area contributed by atoms with Gasteiger partial charge in [0.25, 0.3) is 0 Å². The van der Waals surface area contributed by atoms with Gasteiger partial charge in [0.15, 0.2) is 0 Å². The van der Waals surface area contributed by atoms with E-state index in [2.05, 4.69) is 9.82 Å². The summed E-state index contributed by atoms with van der Waals surface area (Å²) < 4.78 is 49.5. The summed E-state index contributed by atoms with van der Waals surface area (Å²) in [4.78, 5) is 0. The number of anilines is 1. The summed E-state index contributed by atoms with van der Waals surface area (Å²) in [6.07, 6.45) is 8.66. The van der Waals surface area contributed by atoms with Gasteiger partial charge in [-0.15, -0.1) is 0 Å². The Balaban J connectivity index is 1.65. The third kappa shape index (κ3) is 4.69. The van der Waals surface area contributed by atoms with E-state index in [4.69, 9.17) is 4.74 Å². The number of nitrogens with one attached hydrogen (secondary N) is 1. The first-order valence-electron chi connectivity index (χ1n) is 11.9. The lowest BCUT2D eigenvalue weighted by atomic mass is 9.77. The fourth-order valence-electron chi connectivity index (χ4n) is 4.99. The molecule has 0 saturated heterocycles. The molecule has 0 atom stereocenters. The van der Waals surface area contributed by atoms with Crippen molar-refractivity contribution in [1.82, 2.24) is 9.78 Å². The van der Waals surface area contributed by atoms with Gasteiger partial charge in [-0.25, -0.2) is 17.5 Å². The van der Waals surface area contributed by atoms with Crippen LogP contribution in [0.1, 0.15) is 62.1 Å². The number of nitrogens with zero attached hydrogens (tertiary/aromatic N) is 2. The molecule has 0 radical (unpaired) electrons. The van der Waals surface area contributed by atoms with Crippen molar-refractivity contribution < 1.29 is 17.5 Å². The number of rotatable bonds is 7. The van der Waals surface area contributed by atoms with Crippen LogP contribution in [0.2, 0.25) is 0 Å². The normalized spacial score (nSPS) is 17.0. The monoisotopic (exact) mass is 483 g/mol. The summed E-state index contributed by atoms with van der Waals surface area (Å²) in [7, 11) is -3.49. The molecule has 1 aromatic heterocycles. The van der Waals surface area contributed by atoms with Gasteiger partial charge in [-0.2, -0.15) is 5.10 Å². The zero-order valence-electron chi connectivity index (χ0n) is 19.6. The summed E-state index contributed by atoms with van der Waals surface area (Å²) in [5, 5.41) is 4.51. The highest BCUT2D eigenvalue weighted by atomic mass is 32.2. The molecule has 0 spiro atoms. The molecule has 6 nitrogen and oxygen atoms in total. The molecular formula is C26H30FN3O3S. The van der Waals surface area contributed by atoms with E-state index in [0.29, 0.717) is 17.2 Å². The molecule has 180 valence electrons. The molecule has 0 aliphatic heterocycles. The van der Waals surface area contributed by atoms with Gasteiger partial charge < -0.3 is 4.74 Å². The number of aryl methyl sites for hydroxylation is 1. The van der Waals surface area contributed by atoms with Crippen LogP contribution in [0.25, 0.3) is 16.8 Å². The zero-order chi connectivity index (χ0) is 23.9. The topological polar surface area (TPSA) is 73.2 Å². The number of aromatic nitrogens is 2. The van der Waals surface area contributed by atoms with Gasteiger partial charge in [-0.3, -0.25) is 4.72 Å². The molecule has 8 heteroatoms. The predicted molar refractivity (Wildman–Crippen MR) is 132 cm³/mol. The maximum Gasteiger partial charge on any atom is 0.230 e. The van der Waals surface area contributed by atoms with Crippen LogP contribution in [-0.2, 0) is 10.0 Å². The first kappa shape index (κ1) is 22.9. The van der Waals surface area contributed by atoms with Crippen LogP contribution >= 0.6 is 0 Å². The summed E-state index contributed by atoms with van der Waals surface area (Å²) >= 11 is 0. The summed E-state index contributed by atoms with van der Waals surface area (Å²) in [5.41, 5.74) is 3.75. The van der Waals surface area contributed by atoms with Crippen molar-refractivity contribution in [1.29, 1.82) is 0 Å². The van der Waals surface area contributed by atoms with E-state index in [-0.39, 0.29) is 17.8 Å². The van der Waals surface area contributed by atoms with Crippen LogP contribution in [-0.4, -0.2) is 30.6 Å². The Morgan fingerprint density at radius 1 is 1.03 bits per heavy atom. The quantitative estimate of drug-likeness (QED) is 0.451. The van der Waals surface area contributed by atoms with E-state index in [0.717, 1.165) is 73.6 Å². The average molecular weight is 484 g/mol. The first-order chi connectivity index (χ1) is 16.3. The molecule has 2 aliphatic carbocycles. The number of sulfonamides is 1. The third-order valence-corrected chi connectivity index (χ3v) is 7.36. The Labute approximate surface area is 200 Å². The van der Waals surface area contributed by atoms with Crippen molar-refractivity contribution in [3.8, 4) is 22.6 Å². The SMILES string of the molecule is Cc1cc(NS(C)(=O)=O)n(-c2ccc(OC3CCCC3)c(-c3cccc(F)c3C3CCC3)c2)n1. The van der Waals surface area contributed by atoms with Crippen molar-refractivity contribution in [3.05, 3.63) is 59.5 Å². The molecule has 0 amide bonds. The van der Waals surface area contributed by atoms with Crippen molar-refractivity contribution in [2.45, 2.75) is 63.9 Å². The van der Waals surface area contributed by atoms with Crippen LogP contribution < -0.4 is 9.46 Å². The third-order valence-electron chi connectivity index (χ3n) is 6.78. The summed E-state index contributed by atoms with van der Waals surface area (Å²) in [5.74, 6) is 1.10. The smallest absolute Gasteiger partial charge is 0.230 e. The molecule has 1 heterocycles. The molecule has 2 saturated carbocycles. The Kier molecular flexibility index (Phi) is 6.10. The highest BCUT2D eigenvalue weighted by Crippen LogP contribution is 2.45. The standard InChI is InChI=1S/C26H30FN3O3S/c1-17-15-25(29-34(2,31)32)30(28-17)19-13-14-24(33-20-9-3-4-10-20)22(16-19)21-11-6-12-23(27)26(21)18-7-5-8-18/h6,11-16,18,20,29H,3-5,7-10H2,1-2H3. The van der Waals surface area contributed by atoms with E-state index < -0.39 is 10.0 Å². The summed E-state index contributed by atoms with van der Waals surface area (Å²) in [6, 6.07) is 12.6. The van der Waals surface area contributed by atoms with Crippen molar-refractivity contribution in [3.63, 3.8) is 0 Å². The second kappa shape index (κ2) is 9.06. The van der Waals surface area contributed by atoms with Gasteiger partial charge in [0.05, 0.1) is 23.7 Å².